The van der Waals surface area contributed by atoms with E-state index in [-0.39, 0.29) is 11.8 Å². The molecule has 1 aromatic carbocycles. The van der Waals surface area contributed by atoms with Crippen LogP contribution in [0.2, 0.25) is 0 Å². The summed E-state index contributed by atoms with van der Waals surface area (Å²) in [6.45, 7) is 3.06. The number of aromatic nitrogens is 2. The molecule has 0 aliphatic heterocycles. The molecule has 0 saturated carbocycles. The fourth-order valence-electron chi connectivity index (χ4n) is 1.52. The van der Waals surface area contributed by atoms with Crippen LogP contribution >= 0.6 is 0 Å². The lowest BCUT2D eigenvalue weighted by atomic mass is 10.1. The Balaban J connectivity index is 2.57. The van der Waals surface area contributed by atoms with Gasteiger partial charge in [0.05, 0.1) is 5.56 Å². The van der Waals surface area contributed by atoms with Crippen LogP contribution in [0.4, 0.5) is 29.3 Å². The van der Waals surface area contributed by atoms with Crippen LogP contribution in [0, 0.1) is 23.3 Å². The molecule has 5 nitrogen and oxygen atoms in total. The second-order valence-corrected chi connectivity index (χ2v) is 3.79. The molecular formula is C12H8F4N4O. The minimum Gasteiger partial charge on any atom is -0.432 e. The highest BCUT2D eigenvalue weighted by atomic mass is 19.2. The maximum absolute atomic E-state index is 13.7. The van der Waals surface area contributed by atoms with E-state index in [0.29, 0.717) is 6.08 Å². The minimum absolute atomic E-state index is 0.151. The molecule has 0 atom stereocenters. The maximum atomic E-state index is 13.7. The first-order valence-corrected chi connectivity index (χ1v) is 5.41. The zero-order chi connectivity index (χ0) is 15.7. The largest absolute Gasteiger partial charge is 0.432 e. The average molecular weight is 300 g/mol. The molecule has 1 heterocycles. The van der Waals surface area contributed by atoms with Gasteiger partial charge in [-0.15, -0.1) is 0 Å². The molecule has 0 unspecified atom stereocenters. The molecule has 9 heteroatoms. The summed E-state index contributed by atoms with van der Waals surface area (Å²) in [6, 6.07) is 0.979. The molecule has 0 bridgehead atoms. The van der Waals surface area contributed by atoms with Crippen LogP contribution in [0.3, 0.4) is 0 Å². The number of nitrogen functional groups attached to an aromatic ring is 2. The molecule has 0 spiro atoms. The van der Waals surface area contributed by atoms with Crippen molar-refractivity contribution < 1.29 is 22.3 Å². The fourth-order valence-corrected chi connectivity index (χ4v) is 1.52. The van der Waals surface area contributed by atoms with Gasteiger partial charge in [0.2, 0.25) is 29.2 Å². The number of ether oxygens (including phenoxy) is 1. The predicted octanol–water partition coefficient (Wildman–Crippen LogP) is 2.63. The van der Waals surface area contributed by atoms with Gasteiger partial charge in [-0.25, -0.2) is 8.78 Å². The van der Waals surface area contributed by atoms with Crippen molar-refractivity contribution in [3.8, 4) is 11.6 Å². The second-order valence-electron chi connectivity index (χ2n) is 3.79. The standard InChI is InChI=1S/C12H8F4N4O/c1-2-4-7(13)9(15)11(10(16)8(4)14)21-6-3-5(17)19-12(18)20-6/h2-3H,1H2,(H4,17,18,19,20). The smallest absolute Gasteiger partial charge is 0.226 e. The Morgan fingerprint density at radius 3 is 2.05 bits per heavy atom. The molecule has 0 amide bonds. The minimum atomic E-state index is -1.74. The first kappa shape index (κ1) is 14.6. The molecule has 0 aliphatic carbocycles. The summed E-state index contributed by atoms with van der Waals surface area (Å²) < 4.78 is 59.2. The molecular weight excluding hydrogens is 292 g/mol. The highest BCUT2D eigenvalue weighted by Crippen LogP contribution is 2.33. The third-order valence-corrected chi connectivity index (χ3v) is 2.41. The van der Waals surface area contributed by atoms with E-state index in [4.69, 9.17) is 11.5 Å². The van der Waals surface area contributed by atoms with Gasteiger partial charge in [0.15, 0.2) is 11.6 Å². The number of anilines is 2. The van der Waals surface area contributed by atoms with E-state index in [1.807, 2.05) is 0 Å². The van der Waals surface area contributed by atoms with Gasteiger partial charge >= 0.3 is 0 Å². The molecule has 0 aliphatic rings. The van der Waals surface area contributed by atoms with Crippen LogP contribution < -0.4 is 16.2 Å². The quantitative estimate of drug-likeness (QED) is 0.672. The van der Waals surface area contributed by atoms with E-state index >= 15 is 0 Å². The summed E-state index contributed by atoms with van der Waals surface area (Å²) >= 11 is 0. The van der Waals surface area contributed by atoms with Crippen molar-refractivity contribution in [2.24, 2.45) is 0 Å². The van der Waals surface area contributed by atoms with Crippen LogP contribution in [0.25, 0.3) is 6.08 Å². The Morgan fingerprint density at radius 2 is 1.57 bits per heavy atom. The first-order valence-electron chi connectivity index (χ1n) is 5.41. The number of rotatable bonds is 3. The van der Waals surface area contributed by atoms with Gasteiger partial charge in [-0.3, -0.25) is 0 Å². The third-order valence-electron chi connectivity index (χ3n) is 2.41. The summed E-state index contributed by atoms with van der Waals surface area (Å²) in [5.41, 5.74) is 9.65. The van der Waals surface area contributed by atoms with Crippen LogP contribution in [-0.4, -0.2) is 9.97 Å². The van der Waals surface area contributed by atoms with Crippen LogP contribution in [-0.2, 0) is 0 Å². The van der Waals surface area contributed by atoms with Crippen molar-refractivity contribution in [3.63, 3.8) is 0 Å². The van der Waals surface area contributed by atoms with Gasteiger partial charge in [-0.2, -0.15) is 18.7 Å². The van der Waals surface area contributed by atoms with Crippen LogP contribution in [0.1, 0.15) is 5.56 Å². The van der Waals surface area contributed by atoms with Gasteiger partial charge in [0, 0.05) is 6.07 Å². The van der Waals surface area contributed by atoms with E-state index in [0.717, 1.165) is 6.07 Å². The van der Waals surface area contributed by atoms with Crippen molar-refractivity contribution in [1.82, 2.24) is 9.97 Å². The predicted molar refractivity (Wildman–Crippen MR) is 67.3 cm³/mol. The van der Waals surface area contributed by atoms with Gasteiger partial charge in [0.1, 0.15) is 5.82 Å². The van der Waals surface area contributed by atoms with Crippen molar-refractivity contribution in [1.29, 1.82) is 0 Å². The molecule has 0 saturated heterocycles. The molecule has 1 aromatic heterocycles. The SMILES string of the molecule is C=Cc1c(F)c(F)c(Oc2cc(N)nc(N)n2)c(F)c1F. The van der Waals surface area contributed by atoms with Crippen molar-refractivity contribution in [2.75, 3.05) is 11.5 Å². The van der Waals surface area contributed by atoms with Gasteiger partial charge in [0.25, 0.3) is 0 Å². The molecule has 2 rings (SSSR count). The topological polar surface area (TPSA) is 87.0 Å². The second kappa shape index (κ2) is 5.27. The normalized spacial score (nSPS) is 10.5. The Labute approximate surface area is 115 Å². The van der Waals surface area contributed by atoms with Crippen molar-refractivity contribution in [3.05, 3.63) is 41.5 Å². The van der Waals surface area contributed by atoms with E-state index in [9.17, 15) is 17.6 Å². The summed E-state index contributed by atoms with van der Waals surface area (Å²) in [5, 5.41) is 0. The molecule has 0 radical (unpaired) electrons. The highest BCUT2D eigenvalue weighted by Gasteiger charge is 2.26. The lowest BCUT2D eigenvalue weighted by Crippen LogP contribution is -2.06. The molecule has 110 valence electrons. The average Bonchev–Trinajstić information content (AvgIpc) is 2.41. The van der Waals surface area contributed by atoms with Crippen LogP contribution in [0.5, 0.6) is 11.6 Å². The number of hydrogen-bond donors (Lipinski definition) is 2. The number of nitrogens with two attached hydrogens (primary N) is 2. The zero-order valence-corrected chi connectivity index (χ0v) is 10.3. The van der Waals surface area contributed by atoms with Crippen molar-refractivity contribution in [2.45, 2.75) is 0 Å². The van der Waals surface area contributed by atoms with Gasteiger partial charge in [-0.05, 0) is 0 Å². The molecule has 4 N–H and O–H groups in total. The number of nitrogens with zero attached hydrogens (tertiary/aromatic N) is 2. The van der Waals surface area contributed by atoms with Gasteiger partial charge < -0.3 is 16.2 Å². The monoisotopic (exact) mass is 300 g/mol. The molecule has 0 fully saturated rings. The van der Waals surface area contributed by atoms with Crippen molar-refractivity contribution >= 4 is 17.8 Å². The summed E-state index contributed by atoms with van der Waals surface area (Å²) in [7, 11) is 0. The number of benzene rings is 1. The van der Waals surface area contributed by atoms with E-state index in [2.05, 4.69) is 21.3 Å². The first-order chi connectivity index (χ1) is 9.85. The Bertz CT molecular complexity index is 686. The Hall–Kier alpha value is -2.84. The van der Waals surface area contributed by atoms with E-state index in [1.54, 1.807) is 0 Å². The number of hydrogen-bond acceptors (Lipinski definition) is 5. The Morgan fingerprint density at radius 1 is 1.00 bits per heavy atom. The molecule has 21 heavy (non-hydrogen) atoms. The molecule has 2 aromatic rings. The van der Waals surface area contributed by atoms with E-state index in [1.165, 1.54) is 0 Å². The summed E-state index contributed by atoms with van der Waals surface area (Å²) in [5.74, 6) is -9.03. The fraction of sp³-hybridized carbons (Fsp3) is 0. The zero-order valence-electron chi connectivity index (χ0n) is 10.3. The van der Waals surface area contributed by atoms with Crippen LogP contribution in [0.15, 0.2) is 12.6 Å². The number of halogens is 4. The maximum Gasteiger partial charge on any atom is 0.226 e. The lowest BCUT2D eigenvalue weighted by molar-refractivity contribution is 0.358. The third kappa shape index (κ3) is 2.57. The van der Waals surface area contributed by atoms with Gasteiger partial charge in [-0.1, -0.05) is 12.7 Å². The van der Waals surface area contributed by atoms with E-state index < -0.39 is 40.5 Å². The lowest BCUT2D eigenvalue weighted by Gasteiger charge is -2.11. The highest BCUT2D eigenvalue weighted by molar-refractivity contribution is 5.52. The Kier molecular flexibility index (Phi) is 3.66. The summed E-state index contributed by atoms with van der Waals surface area (Å²) in [4.78, 5) is 6.98. The summed E-state index contributed by atoms with van der Waals surface area (Å²) in [6.07, 6.45) is 0.640.